The highest BCUT2D eigenvalue weighted by Gasteiger charge is 2.18. The van der Waals surface area contributed by atoms with Crippen molar-refractivity contribution in [2.45, 2.75) is 12.8 Å². The van der Waals surface area contributed by atoms with E-state index in [9.17, 15) is 13.2 Å². The SMILES string of the molecule is CN(CCc1ccccn1)S(=O)(=O)CCC(=O)O. The lowest BCUT2D eigenvalue weighted by Gasteiger charge is -2.16. The molecule has 1 aromatic rings. The Morgan fingerprint density at radius 2 is 2.17 bits per heavy atom. The minimum Gasteiger partial charge on any atom is -0.481 e. The second-order valence-electron chi connectivity index (χ2n) is 3.85. The first-order chi connectivity index (χ1) is 8.42. The van der Waals surface area contributed by atoms with Gasteiger partial charge in [0.05, 0.1) is 12.2 Å². The largest absolute Gasteiger partial charge is 0.481 e. The topological polar surface area (TPSA) is 87.6 Å². The molecule has 1 rings (SSSR count). The number of hydrogen-bond donors (Lipinski definition) is 1. The Hall–Kier alpha value is -1.47. The molecule has 0 bridgehead atoms. The van der Waals surface area contributed by atoms with Crippen LogP contribution < -0.4 is 0 Å². The van der Waals surface area contributed by atoms with E-state index in [2.05, 4.69) is 4.98 Å². The number of sulfonamides is 1. The van der Waals surface area contributed by atoms with Gasteiger partial charge < -0.3 is 5.11 Å². The molecular formula is C11H16N2O4S. The Morgan fingerprint density at radius 3 is 2.72 bits per heavy atom. The van der Waals surface area contributed by atoms with Crippen LogP contribution >= 0.6 is 0 Å². The average Bonchev–Trinajstić information content (AvgIpc) is 2.35. The first-order valence-corrected chi connectivity index (χ1v) is 7.08. The smallest absolute Gasteiger partial charge is 0.304 e. The summed E-state index contributed by atoms with van der Waals surface area (Å²) in [6, 6.07) is 5.44. The predicted octanol–water partition coefficient (Wildman–Crippen LogP) is 0.360. The van der Waals surface area contributed by atoms with E-state index >= 15 is 0 Å². The van der Waals surface area contributed by atoms with Crippen LogP contribution in [0.4, 0.5) is 0 Å². The van der Waals surface area contributed by atoms with Crippen molar-refractivity contribution in [2.75, 3.05) is 19.3 Å². The molecule has 1 heterocycles. The average molecular weight is 272 g/mol. The Kier molecular flexibility index (Phi) is 5.24. The van der Waals surface area contributed by atoms with Gasteiger partial charge in [-0.2, -0.15) is 0 Å². The lowest BCUT2D eigenvalue weighted by molar-refractivity contribution is -0.136. The molecule has 0 aliphatic rings. The van der Waals surface area contributed by atoms with Crippen LogP contribution in [0.3, 0.4) is 0 Å². The quantitative estimate of drug-likeness (QED) is 0.774. The standard InChI is InChI=1S/C11H16N2O4S/c1-13(18(16,17)9-6-11(14)15)8-5-10-4-2-3-7-12-10/h2-4,7H,5-6,8-9H2,1H3,(H,14,15). The Bertz CT molecular complexity index is 487. The van der Waals surface area contributed by atoms with Crippen LogP contribution in [0.2, 0.25) is 0 Å². The zero-order valence-corrected chi connectivity index (χ0v) is 10.9. The van der Waals surface area contributed by atoms with Crippen LogP contribution in [0.1, 0.15) is 12.1 Å². The molecule has 1 aromatic heterocycles. The minimum atomic E-state index is -3.50. The molecule has 0 aromatic carbocycles. The number of carboxylic acids is 1. The lowest BCUT2D eigenvalue weighted by Crippen LogP contribution is -2.32. The van der Waals surface area contributed by atoms with Crippen molar-refractivity contribution in [1.82, 2.24) is 9.29 Å². The molecule has 0 aliphatic carbocycles. The molecule has 6 nitrogen and oxygen atoms in total. The third kappa shape index (κ3) is 4.80. The fourth-order valence-electron chi connectivity index (χ4n) is 1.33. The van der Waals surface area contributed by atoms with Crippen molar-refractivity contribution < 1.29 is 18.3 Å². The normalized spacial score (nSPS) is 11.7. The summed E-state index contributed by atoms with van der Waals surface area (Å²) in [5.74, 6) is -1.49. The number of aromatic nitrogens is 1. The highest BCUT2D eigenvalue weighted by Crippen LogP contribution is 2.03. The minimum absolute atomic E-state index is 0.291. The molecule has 0 amide bonds. The summed E-state index contributed by atoms with van der Waals surface area (Å²) < 4.78 is 24.6. The van der Waals surface area contributed by atoms with E-state index in [1.807, 2.05) is 12.1 Å². The van der Waals surface area contributed by atoms with Crippen molar-refractivity contribution in [1.29, 1.82) is 0 Å². The van der Waals surface area contributed by atoms with Crippen LogP contribution in [0.15, 0.2) is 24.4 Å². The number of nitrogens with zero attached hydrogens (tertiary/aromatic N) is 2. The highest BCUT2D eigenvalue weighted by atomic mass is 32.2. The van der Waals surface area contributed by atoms with E-state index in [-0.39, 0.29) is 12.2 Å². The van der Waals surface area contributed by atoms with E-state index in [4.69, 9.17) is 5.11 Å². The molecule has 100 valence electrons. The summed E-state index contributed by atoms with van der Waals surface area (Å²) in [4.78, 5) is 14.4. The van der Waals surface area contributed by atoms with E-state index in [1.54, 1.807) is 12.3 Å². The summed E-state index contributed by atoms with van der Waals surface area (Å²) in [6.45, 7) is 0.291. The molecule has 0 radical (unpaired) electrons. The molecule has 1 N–H and O–H groups in total. The monoisotopic (exact) mass is 272 g/mol. The maximum absolute atomic E-state index is 11.7. The third-order valence-corrected chi connectivity index (χ3v) is 4.31. The van der Waals surface area contributed by atoms with Gasteiger partial charge in [0, 0.05) is 31.9 Å². The van der Waals surface area contributed by atoms with Crippen molar-refractivity contribution in [2.24, 2.45) is 0 Å². The molecule has 18 heavy (non-hydrogen) atoms. The molecule has 0 spiro atoms. The van der Waals surface area contributed by atoms with Gasteiger partial charge in [-0.1, -0.05) is 6.07 Å². The summed E-state index contributed by atoms with van der Waals surface area (Å²) in [5, 5.41) is 8.47. The summed E-state index contributed by atoms with van der Waals surface area (Å²) >= 11 is 0. The van der Waals surface area contributed by atoms with Gasteiger partial charge in [0.15, 0.2) is 0 Å². The molecule has 0 unspecified atom stereocenters. The van der Waals surface area contributed by atoms with Crippen LogP contribution in [0.25, 0.3) is 0 Å². The number of pyridine rings is 1. The van der Waals surface area contributed by atoms with Crippen molar-refractivity contribution in [3.8, 4) is 0 Å². The molecule has 0 saturated carbocycles. The number of carbonyl (C=O) groups is 1. The number of carboxylic acid groups (broad SMARTS) is 1. The molecular weight excluding hydrogens is 256 g/mol. The number of likely N-dealkylation sites (N-methyl/N-ethyl adjacent to an activating group) is 1. The van der Waals surface area contributed by atoms with E-state index in [0.29, 0.717) is 13.0 Å². The van der Waals surface area contributed by atoms with Crippen LogP contribution in [0.5, 0.6) is 0 Å². The van der Waals surface area contributed by atoms with Gasteiger partial charge in [-0.25, -0.2) is 12.7 Å². The van der Waals surface area contributed by atoms with Crippen molar-refractivity contribution >= 4 is 16.0 Å². The molecule has 0 atom stereocenters. The number of rotatable bonds is 7. The van der Waals surface area contributed by atoms with Gasteiger partial charge in [0.2, 0.25) is 10.0 Å². The Balaban J connectivity index is 2.49. The summed E-state index contributed by atoms with van der Waals surface area (Å²) in [7, 11) is -2.06. The van der Waals surface area contributed by atoms with Crippen molar-refractivity contribution in [3.05, 3.63) is 30.1 Å². The Morgan fingerprint density at radius 1 is 1.44 bits per heavy atom. The second-order valence-corrected chi connectivity index (χ2v) is 6.05. The lowest BCUT2D eigenvalue weighted by atomic mass is 10.3. The van der Waals surface area contributed by atoms with Crippen LogP contribution in [-0.4, -0.2) is 48.1 Å². The highest BCUT2D eigenvalue weighted by molar-refractivity contribution is 7.89. The molecule has 0 aliphatic heterocycles. The second kappa shape index (κ2) is 6.46. The fraction of sp³-hybridized carbons (Fsp3) is 0.455. The van der Waals surface area contributed by atoms with Gasteiger partial charge in [-0.3, -0.25) is 9.78 Å². The summed E-state index contributed by atoms with van der Waals surface area (Å²) in [5.41, 5.74) is 0.804. The van der Waals surface area contributed by atoms with Gasteiger partial charge >= 0.3 is 5.97 Å². The maximum Gasteiger partial charge on any atom is 0.304 e. The summed E-state index contributed by atoms with van der Waals surface area (Å²) in [6.07, 6.45) is 1.77. The van der Waals surface area contributed by atoms with Crippen LogP contribution in [0, 0.1) is 0 Å². The third-order valence-electron chi connectivity index (χ3n) is 2.46. The number of aliphatic carboxylic acids is 1. The first kappa shape index (κ1) is 14.6. The van der Waals surface area contributed by atoms with E-state index < -0.39 is 16.0 Å². The Labute approximate surface area is 106 Å². The fourth-order valence-corrected chi connectivity index (χ4v) is 2.44. The zero-order chi connectivity index (χ0) is 13.6. The van der Waals surface area contributed by atoms with Gasteiger partial charge in [-0.05, 0) is 12.1 Å². The van der Waals surface area contributed by atoms with Crippen molar-refractivity contribution in [3.63, 3.8) is 0 Å². The van der Waals surface area contributed by atoms with Gasteiger partial charge in [0.1, 0.15) is 0 Å². The van der Waals surface area contributed by atoms with E-state index in [1.165, 1.54) is 11.4 Å². The molecule has 7 heteroatoms. The molecule has 0 fully saturated rings. The predicted molar refractivity (Wildman–Crippen MR) is 66.6 cm³/mol. The molecule has 0 saturated heterocycles. The van der Waals surface area contributed by atoms with Crippen LogP contribution in [-0.2, 0) is 21.2 Å². The van der Waals surface area contributed by atoms with Gasteiger partial charge in [0.25, 0.3) is 0 Å². The van der Waals surface area contributed by atoms with Gasteiger partial charge in [-0.15, -0.1) is 0 Å². The number of hydrogen-bond acceptors (Lipinski definition) is 4. The first-order valence-electron chi connectivity index (χ1n) is 5.47. The maximum atomic E-state index is 11.7. The zero-order valence-electron chi connectivity index (χ0n) is 10.1. The van der Waals surface area contributed by atoms with E-state index in [0.717, 1.165) is 5.69 Å².